The topological polar surface area (TPSA) is 33.2 Å². The molecule has 0 fully saturated rings. The molecule has 0 atom stereocenters. The van der Waals surface area contributed by atoms with Crippen molar-refractivity contribution >= 4 is 55.6 Å². The van der Waals surface area contributed by atoms with E-state index in [1.165, 1.54) is 11.3 Å². The normalized spacial score (nSPS) is 10.5. The number of rotatable bonds is 4. The summed E-state index contributed by atoms with van der Waals surface area (Å²) < 4.78 is 1.01. The van der Waals surface area contributed by atoms with Gasteiger partial charge in [0, 0.05) is 15.4 Å². The van der Waals surface area contributed by atoms with Crippen LogP contribution in [0.25, 0.3) is 11.3 Å². The van der Waals surface area contributed by atoms with Crippen molar-refractivity contribution in [3.8, 4) is 11.3 Å². The third-order valence-electron chi connectivity index (χ3n) is 3.20. The predicted molar refractivity (Wildman–Crippen MR) is 99.6 cm³/mol. The lowest BCUT2D eigenvalue weighted by atomic mass is 10.2. The largest absolute Gasteiger partial charge is 0.273 e. The summed E-state index contributed by atoms with van der Waals surface area (Å²) in [4.78, 5) is 18.4. The van der Waals surface area contributed by atoms with Crippen LogP contribution in [0.3, 0.4) is 0 Å². The highest BCUT2D eigenvalue weighted by Gasteiger charge is 2.20. The second-order valence-corrected chi connectivity index (χ2v) is 6.74. The lowest BCUT2D eigenvalue weighted by Gasteiger charge is -2.18. The molecule has 3 nitrogen and oxygen atoms in total. The number of alkyl halides is 1. The summed E-state index contributed by atoms with van der Waals surface area (Å²) in [5, 5.41) is 2.55. The van der Waals surface area contributed by atoms with Gasteiger partial charge in [0.2, 0.25) is 5.91 Å². The number of para-hydroxylation sites is 1. The van der Waals surface area contributed by atoms with E-state index in [4.69, 9.17) is 11.6 Å². The highest BCUT2D eigenvalue weighted by Crippen LogP contribution is 2.32. The molecule has 23 heavy (non-hydrogen) atoms. The lowest BCUT2D eigenvalue weighted by Crippen LogP contribution is -2.26. The molecule has 0 aliphatic carbocycles. The van der Waals surface area contributed by atoms with Gasteiger partial charge >= 0.3 is 0 Å². The number of aromatic nitrogens is 1. The number of carbonyl (C=O) groups excluding carboxylic acids is 1. The van der Waals surface area contributed by atoms with Crippen molar-refractivity contribution in [1.82, 2.24) is 4.98 Å². The minimum atomic E-state index is -0.199. The molecule has 0 saturated carbocycles. The molecule has 0 unspecified atom stereocenters. The van der Waals surface area contributed by atoms with Crippen molar-refractivity contribution in [2.45, 2.75) is 0 Å². The third kappa shape index (κ3) is 3.63. The van der Waals surface area contributed by atoms with Crippen molar-refractivity contribution in [3.05, 3.63) is 64.5 Å². The maximum atomic E-state index is 12.3. The van der Waals surface area contributed by atoms with Crippen molar-refractivity contribution in [2.24, 2.45) is 0 Å². The summed E-state index contributed by atoms with van der Waals surface area (Å²) in [5.41, 5.74) is 2.60. The van der Waals surface area contributed by atoms with Crippen LogP contribution < -0.4 is 4.90 Å². The van der Waals surface area contributed by atoms with Crippen LogP contribution in [0.1, 0.15) is 0 Å². The Labute approximate surface area is 151 Å². The summed E-state index contributed by atoms with van der Waals surface area (Å²) in [6, 6.07) is 17.3. The zero-order valence-corrected chi connectivity index (χ0v) is 15.1. The number of carbonyl (C=O) groups is 1. The lowest BCUT2D eigenvalue weighted by molar-refractivity contribution is -0.115. The van der Waals surface area contributed by atoms with Gasteiger partial charge in [-0.15, -0.1) is 22.9 Å². The molecule has 0 radical (unpaired) electrons. The molecule has 116 valence electrons. The molecular weight excluding hydrogens is 396 g/mol. The van der Waals surface area contributed by atoms with Crippen LogP contribution in [0.2, 0.25) is 0 Å². The van der Waals surface area contributed by atoms with Crippen LogP contribution >= 0.6 is 38.9 Å². The van der Waals surface area contributed by atoms with E-state index in [1.54, 1.807) is 4.90 Å². The third-order valence-corrected chi connectivity index (χ3v) is 4.78. The van der Waals surface area contributed by atoms with Gasteiger partial charge in [-0.1, -0.05) is 46.3 Å². The van der Waals surface area contributed by atoms with Gasteiger partial charge in [-0.05, 0) is 24.3 Å². The molecular formula is C17H12BrClN2OS. The van der Waals surface area contributed by atoms with Crippen molar-refractivity contribution in [2.75, 3.05) is 10.8 Å². The second kappa shape index (κ2) is 7.25. The van der Waals surface area contributed by atoms with E-state index >= 15 is 0 Å². The Hall–Kier alpha value is -1.69. The first-order valence-electron chi connectivity index (χ1n) is 6.84. The summed E-state index contributed by atoms with van der Waals surface area (Å²) in [6.07, 6.45) is 0. The zero-order chi connectivity index (χ0) is 16.2. The fourth-order valence-electron chi connectivity index (χ4n) is 2.12. The van der Waals surface area contributed by atoms with E-state index in [0.29, 0.717) is 5.13 Å². The van der Waals surface area contributed by atoms with Gasteiger partial charge in [0.05, 0.1) is 11.4 Å². The molecule has 6 heteroatoms. The van der Waals surface area contributed by atoms with E-state index in [1.807, 2.05) is 60.0 Å². The Balaban J connectivity index is 1.98. The molecule has 1 heterocycles. The number of hydrogen-bond donors (Lipinski definition) is 0. The monoisotopic (exact) mass is 406 g/mol. The first-order valence-corrected chi connectivity index (χ1v) is 9.05. The molecule has 0 aliphatic rings. The highest BCUT2D eigenvalue weighted by atomic mass is 79.9. The van der Waals surface area contributed by atoms with Crippen LogP contribution in [-0.4, -0.2) is 16.8 Å². The first-order chi connectivity index (χ1) is 11.2. The average molecular weight is 408 g/mol. The summed E-state index contributed by atoms with van der Waals surface area (Å²) in [5.74, 6) is -0.295. The molecule has 1 aromatic heterocycles. The van der Waals surface area contributed by atoms with Gasteiger partial charge in [-0.2, -0.15) is 0 Å². The smallest absolute Gasteiger partial charge is 0.248 e. The number of thiazole rings is 1. The summed E-state index contributed by atoms with van der Waals surface area (Å²) in [7, 11) is 0. The van der Waals surface area contributed by atoms with Crippen LogP contribution in [-0.2, 0) is 4.79 Å². The van der Waals surface area contributed by atoms with Crippen LogP contribution in [0.4, 0.5) is 10.8 Å². The zero-order valence-electron chi connectivity index (χ0n) is 11.9. The molecule has 3 aromatic rings. The number of amides is 1. The Kier molecular flexibility index (Phi) is 5.10. The van der Waals surface area contributed by atoms with Gasteiger partial charge in [0.25, 0.3) is 0 Å². The standard InChI is InChI=1S/C17H12BrClN2OS/c18-13-8-6-12(7-9-13)15-11-23-17(20-15)21(16(22)10-19)14-4-2-1-3-5-14/h1-9,11H,10H2. The molecule has 1 amide bonds. The van der Waals surface area contributed by atoms with Crippen molar-refractivity contribution in [1.29, 1.82) is 0 Å². The Morgan fingerprint density at radius 3 is 2.48 bits per heavy atom. The van der Waals surface area contributed by atoms with Gasteiger partial charge in [0.1, 0.15) is 5.88 Å². The molecule has 0 aliphatic heterocycles. The number of anilines is 2. The summed E-state index contributed by atoms with van der Waals surface area (Å²) in [6.45, 7) is 0. The van der Waals surface area contributed by atoms with Crippen LogP contribution in [0, 0.1) is 0 Å². The average Bonchev–Trinajstić information content (AvgIpc) is 3.06. The minimum Gasteiger partial charge on any atom is -0.273 e. The minimum absolute atomic E-state index is 0.0951. The fraction of sp³-hybridized carbons (Fsp3) is 0.0588. The van der Waals surface area contributed by atoms with Gasteiger partial charge in [0.15, 0.2) is 5.13 Å². The highest BCUT2D eigenvalue weighted by molar-refractivity contribution is 9.10. The van der Waals surface area contributed by atoms with E-state index in [9.17, 15) is 4.79 Å². The Morgan fingerprint density at radius 2 is 1.83 bits per heavy atom. The predicted octanol–water partition coefficient (Wildman–Crippen LogP) is 5.48. The molecule has 3 rings (SSSR count). The Bertz CT molecular complexity index is 805. The van der Waals surface area contributed by atoms with E-state index in [-0.39, 0.29) is 11.8 Å². The maximum absolute atomic E-state index is 12.3. The number of hydrogen-bond acceptors (Lipinski definition) is 3. The first kappa shape index (κ1) is 16.2. The molecule has 0 spiro atoms. The SMILES string of the molecule is O=C(CCl)N(c1ccccc1)c1nc(-c2ccc(Br)cc2)cs1. The molecule has 0 saturated heterocycles. The quantitative estimate of drug-likeness (QED) is 0.537. The number of benzene rings is 2. The van der Waals surface area contributed by atoms with E-state index in [0.717, 1.165) is 21.4 Å². The maximum Gasteiger partial charge on any atom is 0.248 e. The second-order valence-electron chi connectivity index (χ2n) is 4.72. The van der Waals surface area contributed by atoms with Crippen molar-refractivity contribution < 1.29 is 4.79 Å². The number of halogens is 2. The molecule has 2 aromatic carbocycles. The van der Waals surface area contributed by atoms with Gasteiger partial charge in [-0.25, -0.2) is 4.98 Å². The van der Waals surface area contributed by atoms with E-state index < -0.39 is 0 Å². The van der Waals surface area contributed by atoms with Crippen LogP contribution in [0.15, 0.2) is 64.5 Å². The van der Waals surface area contributed by atoms with Crippen molar-refractivity contribution in [3.63, 3.8) is 0 Å². The number of nitrogens with zero attached hydrogens (tertiary/aromatic N) is 2. The molecule has 0 N–H and O–H groups in total. The fourth-order valence-corrected chi connectivity index (χ4v) is 3.37. The molecule has 0 bridgehead atoms. The van der Waals surface area contributed by atoms with Gasteiger partial charge in [-0.3, -0.25) is 9.69 Å². The van der Waals surface area contributed by atoms with Crippen LogP contribution in [0.5, 0.6) is 0 Å². The Morgan fingerprint density at radius 1 is 1.13 bits per heavy atom. The van der Waals surface area contributed by atoms with E-state index in [2.05, 4.69) is 20.9 Å². The van der Waals surface area contributed by atoms with Gasteiger partial charge < -0.3 is 0 Å². The summed E-state index contributed by atoms with van der Waals surface area (Å²) >= 11 is 10.6.